The van der Waals surface area contributed by atoms with Gasteiger partial charge in [0.15, 0.2) is 0 Å². The van der Waals surface area contributed by atoms with Crippen molar-refractivity contribution < 1.29 is 8.42 Å². The summed E-state index contributed by atoms with van der Waals surface area (Å²) in [6.07, 6.45) is 9.69. The van der Waals surface area contributed by atoms with E-state index < -0.39 is 10.0 Å². The SMILES string of the molecule is Cc1ccc(C2=CC3(C=C2c2ccc(S(N)(=O)=O)cc2)CCCC3)cc1. The fraction of sp³-hybridized carbons (Fsp3) is 0.273. The van der Waals surface area contributed by atoms with Gasteiger partial charge in [0.05, 0.1) is 4.90 Å². The summed E-state index contributed by atoms with van der Waals surface area (Å²) in [7, 11) is -3.67. The molecule has 1 spiro atoms. The second-order valence-corrected chi connectivity index (χ2v) is 9.05. The molecule has 2 N–H and O–H groups in total. The highest BCUT2D eigenvalue weighted by atomic mass is 32.2. The van der Waals surface area contributed by atoms with Crippen molar-refractivity contribution in [2.45, 2.75) is 37.5 Å². The first kappa shape index (κ1) is 17.3. The Bertz CT molecular complexity index is 991. The Kier molecular flexibility index (Phi) is 4.13. The van der Waals surface area contributed by atoms with Gasteiger partial charge < -0.3 is 0 Å². The highest BCUT2D eigenvalue weighted by Crippen LogP contribution is 2.51. The molecule has 0 amide bonds. The molecule has 2 aliphatic rings. The third-order valence-corrected chi connectivity index (χ3v) is 6.47. The number of allylic oxidation sites excluding steroid dienone is 4. The Hall–Kier alpha value is -2.17. The number of sulfonamides is 1. The smallest absolute Gasteiger partial charge is 0.225 e. The molecule has 2 aliphatic carbocycles. The van der Waals surface area contributed by atoms with Gasteiger partial charge in [0.2, 0.25) is 10.0 Å². The summed E-state index contributed by atoms with van der Waals surface area (Å²) >= 11 is 0. The first-order valence-electron chi connectivity index (χ1n) is 9.03. The van der Waals surface area contributed by atoms with Gasteiger partial charge in [-0.25, -0.2) is 13.6 Å². The predicted molar refractivity (Wildman–Crippen MR) is 106 cm³/mol. The van der Waals surface area contributed by atoms with Crippen molar-refractivity contribution in [3.8, 4) is 0 Å². The minimum Gasteiger partial charge on any atom is -0.225 e. The Morgan fingerprint density at radius 1 is 0.808 bits per heavy atom. The standard InChI is InChI=1S/C22H23NO2S/c1-16-4-6-17(7-5-16)20-14-22(12-2-3-13-22)15-21(20)18-8-10-19(11-9-18)26(23,24)25/h4-11,14-15H,2-3,12-13H2,1H3,(H2,23,24,25). The maximum Gasteiger partial charge on any atom is 0.238 e. The molecular weight excluding hydrogens is 342 g/mol. The van der Waals surface area contributed by atoms with Gasteiger partial charge in [-0.05, 0) is 54.2 Å². The number of hydrogen-bond acceptors (Lipinski definition) is 2. The minimum absolute atomic E-state index is 0.147. The van der Waals surface area contributed by atoms with E-state index in [9.17, 15) is 8.42 Å². The van der Waals surface area contributed by atoms with Crippen LogP contribution in [0.25, 0.3) is 11.1 Å². The van der Waals surface area contributed by atoms with Crippen LogP contribution in [0.1, 0.15) is 42.4 Å². The average Bonchev–Trinajstić information content (AvgIpc) is 3.22. The molecule has 0 radical (unpaired) electrons. The lowest BCUT2D eigenvalue weighted by Crippen LogP contribution is -2.11. The fourth-order valence-electron chi connectivity index (χ4n) is 4.13. The molecule has 4 heteroatoms. The van der Waals surface area contributed by atoms with Crippen molar-refractivity contribution in [3.05, 3.63) is 77.4 Å². The molecular formula is C22H23NO2S. The summed E-state index contributed by atoms with van der Waals surface area (Å²) in [5.74, 6) is 0. The van der Waals surface area contributed by atoms with Gasteiger partial charge in [0.1, 0.15) is 0 Å². The molecule has 1 saturated carbocycles. The topological polar surface area (TPSA) is 60.2 Å². The van der Waals surface area contributed by atoms with E-state index in [2.05, 4.69) is 43.3 Å². The third kappa shape index (κ3) is 3.15. The van der Waals surface area contributed by atoms with E-state index in [1.165, 1.54) is 48.0 Å². The van der Waals surface area contributed by atoms with Crippen molar-refractivity contribution in [3.63, 3.8) is 0 Å². The summed E-state index contributed by atoms with van der Waals surface area (Å²) in [4.78, 5) is 0.149. The number of aryl methyl sites for hydroxylation is 1. The summed E-state index contributed by atoms with van der Waals surface area (Å²) in [6, 6.07) is 15.5. The lowest BCUT2D eigenvalue weighted by molar-refractivity contribution is 0.523. The van der Waals surface area contributed by atoms with E-state index in [1.54, 1.807) is 12.1 Å². The summed E-state index contributed by atoms with van der Waals surface area (Å²) in [5, 5.41) is 5.23. The Morgan fingerprint density at radius 2 is 1.27 bits per heavy atom. The molecule has 0 unspecified atom stereocenters. The maximum absolute atomic E-state index is 11.5. The van der Waals surface area contributed by atoms with Gasteiger partial charge >= 0.3 is 0 Å². The zero-order valence-electron chi connectivity index (χ0n) is 14.9. The molecule has 0 bridgehead atoms. The molecule has 0 aliphatic heterocycles. The van der Waals surface area contributed by atoms with Crippen LogP contribution in [0.4, 0.5) is 0 Å². The van der Waals surface area contributed by atoms with E-state index in [0.29, 0.717) is 0 Å². The van der Waals surface area contributed by atoms with Crippen LogP contribution >= 0.6 is 0 Å². The summed E-state index contributed by atoms with van der Waals surface area (Å²) in [6.45, 7) is 2.09. The molecule has 2 aromatic rings. The van der Waals surface area contributed by atoms with Crippen molar-refractivity contribution in [1.29, 1.82) is 0 Å². The maximum atomic E-state index is 11.5. The summed E-state index contributed by atoms with van der Waals surface area (Å²) in [5.41, 5.74) is 6.07. The van der Waals surface area contributed by atoms with Crippen LogP contribution in [0.15, 0.2) is 65.6 Å². The Balaban J connectivity index is 1.79. The van der Waals surface area contributed by atoms with Gasteiger partial charge in [-0.3, -0.25) is 0 Å². The van der Waals surface area contributed by atoms with Crippen LogP contribution in [0.3, 0.4) is 0 Å². The Morgan fingerprint density at radius 3 is 1.73 bits per heavy atom. The summed E-state index contributed by atoms with van der Waals surface area (Å²) < 4.78 is 23.1. The van der Waals surface area contributed by atoms with Crippen LogP contribution < -0.4 is 5.14 Å². The molecule has 0 aromatic heterocycles. The fourth-order valence-corrected chi connectivity index (χ4v) is 4.64. The minimum atomic E-state index is -3.67. The predicted octanol–water partition coefficient (Wildman–Crippen LogP) is 4.68. The monoisotopic (exact) mass is 365 g/mol. The largest absolute Gasteiger partial charge is 0.238 e. The molecule has 4 rings (SSSR count). The molecule has 0 heterocycles. The van der Waals surface area contributed by atoms with Crippen LogP contribution in [-0.2, 0) is 10.0 Å². The van der Waals surface area contributed by atoms with Gasteiger partial charge in [-0.2, -0.15) is 0 Å². The van der Waals surface area contributed by atoms with Crippen LogP contribution in [0, 0.1) is 12.3 Å². The van der Waals surface area contributed by atoms with E-state index >= 15 is 0 Å². The lowest BCUT2D eigenvalue weighted by atomic mass is 9.88. The highest BCUT2D eigenvalue weighted by molar-refractivity contribution is 7.89. The van der Waals surface area contributed by atoms with Crippen molar-refractivity contribution in [2.24, 2.45) is 10.6 Å². The van der Waals surface area contributed by atoms with Crippen LogP contribution in [0.5, 0.6) is 0 Å². The van der Waals surface area contributed by atoms with E-state index in [0.717, 1.165) is 5.56 Å². The van der Waals surface area contributed by atoms with E-state index in [1.807, 2.05) is 12.1 Å². The molecule has 26 heavy (non-hydrogen) atoms. The van der Waals surface area contributed by atoms with Gasteiger partial charge in [0.25, 0.3) is 0 Å². The first-order chi connectivity index (χ1) is 12.4. The van der Waals surface area contributed by atoms with Gasteiger partial charge in [-0.1, -0.05) is 67.0 Å². The van der Waals surface area contributed by atoms with Crippen molar-refractivity contribution in [1.82, 2.24) is 0 Å². The quantitative estimate of drug-likeness (QED) is 0.858. The number of nitrogens with two attached hydrogens (primary N) is 1. The van der Waals surface area contributed by atoms with Crippen molar-refractivity contribution >= 4 is 21.2 Å². The van der Waals surface area contributed by atoms with E-state index in [4.69, 9.17) is 5.14 Å². The normalized spacial score (nSPS) is 18.8. The zero-order chi connectivity index (χ0) is 18.4. The van der Waals surface area contributed by atoms with E-state index in [-0.39, 0.29) is 10.3 Å². The number of primary sulfonamides is 1. The molecule has 0 atom stereocenters. The van der Waals surface area contributed by atoms with Crippen LogP contribution in [0.2, 0.25) is 0 Å². The lowest BCUT2D eigenvalue weighted by Gasteiger charge is -2.16. The first-order valence-corrected chi connectivity index (χ1v) is 10.6. The second-order valence-electron chi connectivity index (χ2n) is 7.49. The van der Waals surface area contributed by atoms with Gasteiger partial charge in [-0.15, -0.1) is 0 Å². The highest BCUT2D eigenvalue weighted by Gasteiger charge is 2.35. The molecule has 2 aromatic carbocycles. The van der Waals surface area contributed by atoms with Crippen molar-refractivity contribution in [2.75, 3.05) is 0 Å². The average molecular weight is 365 g/mol. The number of hydrogen-bond donors (Lipinski definition) is 1. The molecule has 134 valence electrons. The Labute approximate surface area is 155 Å². The molecule has 0 saturated heterocycles. The van der Waals surface area contributed by atoms with Gasteiger partial charge in [0, 0.05) is 5.41 Å². The molecule has 3 nitrogen and oxygen atoms in total. The number of rotatable bonds is 3. The second kappa shape index (κ2) is 6.22. The molecule has 1 fully saturated rings. The third-order valence-electron chi connectivity index (χ3n) is 5.54. The number of benzene rings is 2. The zero-order valence-corrected chi connectivity index (χ0v) is 15.7. The van der Waals surface area contributed by atoms with Crippen LogP contribution in [-0.4, -0.2) is 8.42 Å².